The maximum atomic E-state index is 5.78. The van der Waals surface area contributed by atoms with Crippen molar-refractivity contribution in [3.8, 4) is 0 Å². The smallest absolute Gasteiger partial charge is 0.0500 e. The van der Waals surface area contributed by atoms with E-state index in [1.165, 1.54) is 77.0 Å². The largest absolute Gasteiger partial charge is 0.381 e. The minimum absolute atomic E-state index is 0.835. The molecule has 0 bridgehead atoms. The highest BCUT2D eigenvalue weighted by Crippen LogP contribution is 2.42. The van der Waals surface area contributed by atoms with E-state index in [0.717, 1.165) is 43.3 Å². The molecule has 0 aliphatic heterocycles. The van der Waals surface area contributed by atoms with Gasteiger partial charge in [-0.2, -0.15) is 0 Å². The zero-order chi connectivity index (χ0) is 16.3. The topological polar surface area (TPSA) is 9.23 Å². The normalized spacial score (nSPS) is 31.9. The van der Waals surface area contributed by atoms with Gasteiger partial charge in [0, 0.05) is 6.61 Å². The Hall–Kier alpha value is -0.300. The average molecular weight is 321 g/mol. The van der Waals surface area contributed by atoms with Crippen LogP contribution in [-0.2, 0) is 4.74 Å². The predicted octanol–water partition coefficient (Wildman–Crippen LogP) is 6.77. The lowest BCUT2D eigenvalue weighted by Crippen LogP contribution is -2.27. The Morgan fingerprint density at radius 1 is 0.870 bits per heavy atom. The fraction of sp³-hybridized carbons (Fsp3) is 0.909. The molecule has 2 aliphatic rings. The number of unbranched alkanes of at least 4 members (excludes halogenated alkanes) is 2. The molecule has 2 saturated carbocycles. The maximum absolute atomic E-state index is 5.78. The monoisotopic (exact) mass is 320 g/mol. The van der Waals surface area contributed by atoms with E-state index in [4.69, 9.17) is 4.74 Å². The molecule has 2 rings (SSSR count). The van der Waals surface area contributed by atoms with Gasteiger partial charge in [-0.1, -0.05) is 51.5 Å². The third-order valence-electron chi connectivity index (χ3n) is 6.49. The third-order valence-corrected chi connectivity index (χ3v) is 6.49. The molecule has 1 heteroatoms. The van der Waals surface area contributed by atoms with Crippen LogP contribution in [0.3, 0.4) is 0 Å². The van der Waals surface area contributed by atoms with Crippen LogP contribution in [0.5, 0.6) is 0 Å². The van der Waals surface area contributed by atoms with Crippen LogP contribution in [0.1, 0.15) is 90.4 Å². The lowest BCUT2D eigenvalue weighted by molar-refractivity contribution is 0.0667. The SMILES string of the molecule is C=CCCOC[C@H]1CC[C@H]([C@H]2CC[C@H](CCCCC)CC2)CC1. The van der Waals surface area contributed by atoms with Crippen LogP contribution < -0.4 is 0 Å². The summed E-state index contributed by atoms with van der Waals surface area (Å²) in [6, 6.07) is 0. The number of ether oxygens (including phenoxy) is 1. The van der Waals surface area contributed by atoms with Gasteiger partial charge in [-0.3, -0.25) is 0 Å². The van der Waals surface area contributed by atoms with Crippen molar-refractivity contribution in [2.75, 3.05) is 13.2 Å². The zero-order valence-corrected chi connectivity index (χ0v) is 15.6. The maximum Gasteiger partial charge on any atom is 0.0500 e. The van der Waals surface area contributed by atoms with E-state index >= 15 is 0 Å². The van der Waals surface area contributed by atoms with Gasteiger partial charge in [0.05, 0.1) is 6.61 Å². The number of hydrogen-bond acceptors (Lipinski definition) is 1. The van der Waals surface area contributed by atoms with E-state index in [9.17, 15) is 0 Å². The molecule has 1 nitrogen and oxygen atoms in total. The molecule has 2 fully saturated rings. The first-order valence-electron chi connectivity index (χ1n) is 10.5. The second kappa shape index (κ2) is 11.3. The van der Waals surface area contributed by atoms with Gasteiger partial charge < -0.3 is 4.74 Å². The molecule has 0 amide bonds. The molecule has 23 heavy (non-hydrogen) atoms. The first-order chi connectivity index (χ1) is 11.3. The minimum Gasteiger partial charge on any atom is -0.381 e. The fourth-order valence-corrected chi connectivity index (χ4v) is 4.87. The van der Waals surface area contributed by atoms with Gasteiger partial charge >= 0.3 is 0 Å². The molecule has 0 N–H and O–H groups in total. The summed E-state index contributed by atoms with van der Waals surface area (Å²) in [7, 11) is 0. The molecular formula is C22H40O. The molecule has 0 saturated heterocycles. The van der Waals surface area contributed by atoms with E-state index in [1.54, 1.807) is 0 Å². The molecule has 0 atom stereocenters. The summed E-state index contributed by atoms with van der Waals surface area (Å²) in [5.41, 5.74) is 0. The summed E-state index contributed by atoms with van der Waals surface area (Å²) in [6.07, 6.45) is 20.6. The summed E-state index contributed by atoms with van der Waals surface area (Å²) in [5.74, 6) is 3.99. The Kier molecular flexibility index (Phi) is 9.34. The summed E-state index contributed by atoms with van der Waals surface area (Å²) < 4.78 is 5.78. The van der Waals surface area contributed by atoms with Crippen molar-refractivity contribution in [3.05, 3.63) is 12.7 Å². The Labute approximate surface area is 145 Å². The molecule has 0 aromatic heterocycles. The summed E-state index contributed by atoms with van der Waals surface area (Å²) in [4.78, 5) is 0. The lowest BCUT2D eigenvalue weighted by Gasteiger charge is -2.38. The van der Waals surface area contributed by atoms with Gasteiger partial charge in [-0.25, -0.2) is 0 Å². The van der Waals surface area contributed by atoms with Crippen LogP contribution in [0.4, 0.5) is 0 Å². The van der Waals surface area contributed by atoms with E-state index in [2.05, 4.69) is 13.5 Å². The summed E-state index contributed by atoms with van der Waals surface area (Å²) in [6.45, 7) is 7.93. The quantitative estimate of drug-likeness (QED) is 0.319. The standard InChI is InChI=1S/C22H40O/c1-3-5-7-8-19-9-13-21(14-10-19)22-15-11-20(12-16-22)18-23-17-6-4-2/h4,19-22H,2-3,5-18H2,1H3/t19-,20-,21-,22-. The minimum atomic E-state index is 0.835. The van der Waals surface area contributed by atoms with Crippen LogP contribution >= 0.6 is 0 Å². The van der Waals surface area contributed by atoms with Crippen LogP contribution in [0, 0.1) is 23.7 Å². The van der Waals surface area contributed by atoms with E-state index in [-0.39, 0.29) is 0 Å². The van der Waals surface area contributed by atoms with Crippen molar-refractivity contribution >= 4 is 0 Å². The van der Waals surface area contributed by atoms with Gasteiger partial charge in [0.2, 0.25) is 0 Å². The van der Waals surface area contributed by atoms with Crippen molar-refractivity contribution in [1.82, 2.24) is 0 Å². The van der Waals surface area contributed by atoms with Crippen LogP contribution in [-0.4, -0.2) is 13.2 Å². The summed E-state index contributed by atoms with van der Waals surface area (Å²) >= 11 is 0. The van der Waals surface area contributed by atoms with E-state index < -0.39 is 0 Å². The molecule has 2 aliphatic carbocycles. The number of rotatable bonds is 10. The fourth-order valence-electron chi connectivity index (χ4n) is 4.87. The molecule has 0 aromatic carbocycles. The van der Waals surface area contributed by atoms with E-state index in [1.807, 2.05) is 6.08 Å². The molecule has 134 valence electrons. The second-order valence-corrected chi connectivity index (χ2v) is 8.21. The van der Waals surface area contributed by atoms with E-state index in [0.29, 0.717) is 0 Å². The Morgan fingerprint density at radius 3 is 2.04 bits per heavy atom. The zero-order valence-electron chi connectivity index (χ0n) is 15.6. The Bertz CT molecular complexity index is 295. The van der Waals surface area contributed by atoms with Crippen molar-refractivity contribution in [3.63, 3.8) is 0 Å². The lowest BCUT2D eigenvalue weighted by atomic mass is 9.69. The van der Waals surface area contributed by atoms with Gasteiger partial charge in [0.1, 0.15) is 0 Å². The van der Waals surface area contributed by atoms with Crippen LogP contribution in [0.15, 0.2) is 12.7 Å². The Balaban J connectivity index is 1.56. The van der Waals surface area contributed by atoms with Crippen LogP contribution in [0.25, 0.3) is 0 Å². The highest BCUT2D eigenvalue weighted by molar-refractivity contribution is 4.82. The first kappa shape index (κ1) is 19.0. The van der Waals surface area contributed by atoms with Crippen molar-refractivity contribution in [2.24, 2.45) is 23.7 Å². The predicted molar refractivity (Wildman–Crippen MR) is 101 cm³/mol. The first-order valence-corrected chi connectivity index (χ1v) is 10.5. The molecular weight excluding hydrogens is 280 g/mol. The average Bonchev–Trinajstić information content (AvgIpc) is 2.60. The third kappa shape index (κ3) is 6.99. The molecule has 0 radical (unpaired) electrons. The summed E-state index contributed by atoms with van der Waals surface area (Å²) in [5, 5.41) is 0. The van der Waals surface area contributed by atoms with Crippen molar-refractivity contribution in [2.45, 2.75) is 90.4 Å². The van der Waals surface area contributed by atoms with Crippen molar-refractivity contribution in [1.29, 1.82) is 0 Å². The van der Waals surface area contributed by atoms with Gasteiger partial charge in [0.25, 0.3) is 0 Å². The molecule has 0 spiro atoms. The molecule has 0 unspecified atom stereocenters. The Morgan fingerprint density at radius 2 is 1.48 bits per heavy atom. The number of hydrogen-bond donors (Lipinski definition) is 0. The van der Waals surface area contributed by atoms with Crippen LogP contribution in [0.2, 0.25) is 0 Å². The highest BCUT2D eigenvalue weighted by Gasteiger charge is 2.30. The second-order valence-electron chi connectivity index (χ2n) is 8.21. The van der Waals surface area contributed by atoms with Gasteiger partial charge in [-0.15, -0.1) is 6.58 Å². The van der Waals surface area contributed by atoms with Gasteiger partial charge in [-0.05, 0) is 68.6 Å². The molecule has 0 heterocycles. The van der Waals surface area contributed by atoms with Gasteiger partial charge in [0.15, 0.2) is 0 Å². The van der Waals surface area contributed by atoms with Crippen molar-refractivity contribution < 1.29 is 4.74 Å². The highest BCUT2D eigenvalue weighted by atomic mass is 16.5. The molecule has 0 aromatic rings.